The molecule has 1 N–H and O–H groups in total. The lowest BCUT2D eigenvalue weighted by atomic mass is 10.1. The molecule has 0 atom stereocenters. The van der Waals surface area contributed by atoms with Gasteiger partial charge in [0.15, 0.2) is 11.3 Å². The number of benzene rings is 1. The maximum absolute atomic E-state index is 13.9. The first-order valence-corrected chi connectivity index (χ1v) is 6.41. The Morgan fingerprint density at radius 1 is 1.38 bits per heavy atom. The van der Waals surface area contributed by atoms with E-state index in [1.54, 1.807) is 19.1 Å². The second kappa shape index (κ2) is 4.82. The van der Waals surface area contributed by atoms with Crippen molar-refractivity contribution in [2.45, 2.75) is 6.92 Å². The fraction of sp³-hybridized carbons (Fsp3) is 0.0714. The Morgan fingerprint density at radius 3 is 2.76 bits per heavy atom. The van der Waals surface area contributed by atoms with Gasteiger partial charge < -0.3 is 5.11 Å². The molecule has 3 rings (SSSR count). The number of rotatable bonds is 2. The van der Waals surface area contributed by atoms with Crippen LogP contribution < -0.4 is 0 Å². The zero-order valence-electron chi connectivity index (χ0n) is 10.8. The van der Waals surface area contributed by atoms with E-state index in [4.69, 9.17) is 11.6 Å². The van der Waals surface area contributed by atoms with Gasteiger partial charge in [0.2, 0.25) is 0 Å². The Bertz CT molecular complexity index is 876. The molecule has 0 saturated carbocycles. The van der Waals surface area contributed by atoms with Gasteiger partial charge in [-0.25, -0.2) is 18.7 Å². The van der Waals surface area contributed by atoms with Crippen LogP contribution in [0, 0.1) is 12.7 Å². The predicted octanol–water partition coefficient (Wildman–Crippen LogP) is 3.20. The molecule has 0 fully saturated rings. The van der Waals surface area contributed by atoms with Crippen LogP contribution in [0.15, 0.2) is 30.3 Å². The molecule has 0 unspecified atom stereocenters. The molecule has 5 nitrogen and oxygen atoms in total. The first-order valence-electron chi connectivity index (χ1n) is 6.03. The summed E-state index contributed by atoms with van der Waals surface area (Å²) in [7, 11) is 0. The molecule has 2 aromatic heterocycles. The van der Waals surface area contributed by atoms with Crippen LogP contribution in [0.5, 0.6) is 0 Å². The lowest BCUT2D eigenvalue weighted by molar-refractivity contribution is 0.0687. The fourth-order valence-electron chi connectivity index (χ4n) is 2.06. The van der Waals surface area contributed by atoms with Crippen molar-refractivity contribution in [1.29, 1.82) is 0 Å². The highest BCUT2D eigenvalue weighted by molar-refractivity contribution is 6.34. The van der Waals surface area contributed by atoms with Crippen LogP contribution in [-0.4, -0.2) is 25.7 Å². The third-order valence-electron chi connectivity index (χ3n) is 3.06. The van der Waals surface area contributed by atoms with Gasteiger partial charge in [-0.1, -0.05) is 23.7 Å². The highest BCUT2D eigenvalue weighted by Gasteiger charge is 2.19. The average molecular weight is 306 g/mol. The smallest absolute Gasteiger partial charge is 0.354 e. The number of nitrogens with zero attached hydrogens (tertiary/aromatic N) is 3. The summed E-state index contributed by atoms with van der Waals surface area (Å²) in [6, 6.07) is 7.28. The summed E-state index contributed by atoms with van der Waals surface area (Å²) in [5.74, 6) is -1.68. The number of carboxylic acids is 1. The number of carboxylic acid groups (broad SMARTS) is 1. The molecule has 0 amide bonds. The largest absolute Gasteiger partial charge is 0.477 e. The third-order valence-corrected chi connectivity index (χ3v) is 3.50. The van der Waals surface area contributed by atoms with E-state index in [0.29, 0.717) is 5.69 Å². The molecule has 21 heavy (non-hydrogen) atoms. The van der Waals surface area contributed by atoms with Gasteiger partial charge in [0.25, 0.3) is 0 Å². The lowest BCUT2D eigenvalue weighted by Crippen LogP contribution is -2.08. The number of aryl methyl sites for hydroxylation is 1. The van der Waals surface area contributed by atoms with Crippen LogP contribution in [0.25, 0.3) is 16.9 Å². The van der Waals surface area contributed by atoms with Gasteiger partial charge in [-0.15, -0.1) is 0 Å². The molecule has 0 bridgehead atoms. The first-order chi connectivity index (χ1) is 9.99. The molecule has 0 radical (unpaired) electrons. The van der Waals surface area contributed by atoms with Crippen LogP contribution in [-0.2, 0) is 0 Å². The number of aromatic nitrogens is 3. The number of halogens is 2. The number of hydrogen-bond donors (Lipinski definition) is 1. The van der Waals surface area contributed by atoms with Crippen LogP contribution in [0.4, 0.5) is 4.39 Å². The van der Waals surface area contributed by atoms with Crippen LogP contribution in [0.3, 0.4) is 0 Å². The summed E-state index contributed by atoms with van der Waals surface area (Å²) in [6.07, 6.45) is 0. The maximum atomic E-state index is 13.9. The van der Waals surface area contributed by atoms with E-state index in [1.165, 1.54) is 18.2 Å². The predicted molar refractivity (Wildman–Crippen MR) is 75.1 cm³/mol. The molecule has 3 aromatic rings. The zero-order chi connectivity index (χ0) is 15.1. The Kier molecular flexibility index (Phi) is 3.10. The highest BCUT2D eigenvalue weighted by atomic mass is 35.5. The molecular formula is C14H9ClFN3O2. The number of carbonyl (C=O) groups is 1. The second-order valence-electron chi connectivity index (χ2n) is 4.45. The van der Waals surface area contributed by atoms with Gasteiger partial charge in [-0.2, -0.15) is 5.10 Å². The molecule has 0 aliphatic rings. The van der Waals surface area contributed by atoms with Gasteiger partial charge in [0.1, 0.15) is 10.8 Å². The van der Waals surface area contributed by atoms with Crippen molar-refractivity contribution < 1.29 is 14.3 Å². The third kappa shape index (κ3) is 2.13. The van der Waals surface area contributed by atoms with Crippen molar-refractivity contribution in [1.82, 2.24) is 14.6 Å². The fourth-order valence-corrected chi connectivity index (χ4v) is 2.22. The van der Waals surface area contributed by atoms with Crippen LogP contribution in [0.2, 0.25) is 5.02 Å². The van der Waals surface area contributed by atoms with E-state index in [9.17, 15) is 14.3 Å². The summed E-state index contributed by atoms with van der Waals surface area (Å²) < 4.78 is 15.0. The molecule has 0 aliphatic heterocycles. The van der Waals surface area contributed by atoms with E-state index >= 15 is 0 Å². The minimum atomic E-state index is -1.20. The van der Waals surface area contributed by atoms with Gasteiger partial charge >= 0.3 is 5.97 Å². The van der Waals surface area contributed by atoms with Crippen molar-refractivity contribution in [3.05, 3.63) is 52.6 Å². The van der Waals surface area contributed by atoms with E-state index in [-0.39, 0.29) is 27.6 Å². The van der Waals surface area contributed by atoms with Crippen molar-refractivity contribution in [3.63, 3.8) is 0 Å². The summed E-state index contributed by atoms with van der Waals surface area (Å²) in [5.41, 5.74) is 0.912. The van der Waals surface area contributed by atoms with E-state index in [1.807, 2.05) is 0 Å². The zero-order valence-corrected chi connectivity index (χ0v) is 11.6. The second-order valence-corrected chi connectivity index (χ2v) is 4.82. The molecule has 0 spiro atoms. The average Bonchev–Trinajstić information content (AvgIpc) is 2.74. The van der Waals surface area contributed by atoms with Gasteiger partial charge in [0.05, 0.1) is 11.4 Å². The Hall–Kier alpha value is -2.47. The first kappa shape index (κ1) is 13.5. The van der Waals surface area contributed by atoms with Crippen molar-refractivity contribution in [2.75, 3.05) is 0 Å². The molecule has 2 heterocycles. The SMILES string of the molecule is Cc1nn2c(C(=O)O)cc(-c3ccccc3F)nc2c1Cl. The van der Waals surface area contributed by atoms with Crippen molar-refractivity contribution in [2.24, 2.45) is 0 Å². The highest BCUT2D eigenvalue weighted by Crippen LogP contribution is 2.26. The number of hydrogen-bond acceptors (Lipinski definition) is 3. The molecule has 0 aliphatic carbocycles. The summed E-state index contributed by atoms with van der Waals surface area (Å²) in [5, 5.41) is 13.6. The van der Waals surface area contributed by atoms with Crippen molar-refractivity contribution >= 4 is 23.2 Å². The quantitative estimate of drug-likeness (QED) is 0.789. The van der Waals surface area contributed by atoms with Gasteiger partial charge in [0, 0.05) is 5.56 Å². The summed E-state index contributed by atoms with van der Waals surface area (Å²) >= 11 is 6.08. The topological polar surface area (TPSA) is 67.5 Å². The lowest BCUT2D eigenvalue weighted by Gasteiger charge is -2.06. The van der Waals surface area contributed by atoms with Gasteiger partial charge in [-0.3, -0.25) is 0 Å². The standard InChI is InChI=1S/C14H9ClFN3O2/c1-7-12(15)13-17-10(8-4-2-3-5-9(8)16)6-11(14(20)21)19(13)18-7/h2-6H,1H3,(H,20,21). The van der Waals surface area contributed by atoms with Crippen molar-refractivity contribution in [3.8, 4) is 11.3 Å². The molecule has 7 heteroatoms. The summed E-state index contributed by atoms with van der Waals surface area (Å²) in [6.45, 7) is 1.64. The normalized spacial score (nSPS) is 11.0. The maximum Gasteiger partial charge on any atom is 0.354 e. The van der Waals surface area contributed by atoms with E-state index < -0.39 is 11.8 Å². The van der Waals surface area contributed by atoms with Crippen LogP contribution >= 0.6 is 11.6 Å². The van der Waals surface area contributed by atoms with Crippen LogP contribution in [0.1, 0.15) is 16.2 Å². The number of fused-ring (bicyclic) bond motifs is 1. The molecule has 1 aromatic carbocycles. The molecular weight excluding hydrogens is 297 g/mol. The monoisotopic (exact) mass is 305 g/mol. The number of aromatic carboxylic acids is 1. The minimum Gasteiger partial charge on any atom is -0.477 e. The van der Waals surface area contributed by atoms with Gasteiger partial charge in [-0.05, 0) is 25.1 Å². The molecule has 106 valence electrons. The minimum absolute atomic E-state index is 0.131. The van der Waals surface area contributed by atoms with E-state index in [0.717, 1.165) is 4.52 Å². The summed E-state index contributed by atoms with van der Waals surface area (Å²) in [4.78, 5) is 15.6. The Morgan fingerprint density at radius 2 is 2.10 bits per heavy atom. The van der Waals surface area contributed by atoms with E-state index in [2.05, 4.69) is 10.1 Å². The molecule has 0 saturated heterocycles. The Labute approximate surface area is 123 Å². The Balaban J connectivity index is 2.38.